The lowest BCUT2D eigenvalue weighted by Crippen LogP contribution is -2.45. The summed E-state index contributed by atoms with van der Waals surface area (Å²) in [5, 5.41) is 14.0. The second-order valence-electron chi connectivity index (χ2n) is 6.77. The van der Waals surface area contributed by atoms with E-state index in [0.717, 1.165) is 10.4 Å². The van der Waals surface area contributed by atoms with Gasteiger partial charge in [0.1, 0.15) is 6.04 Å². The van der Waals surface area contributed by atoms with Crippen LogP contribution in [-0.4, -0.2) is 61.1 Å². The zero-order valence-electron chi connectivity index (χ0n) is 16.8. The van der Waals surface area contributed by atoms with Gasteiger partial charge in [0.25, 0.3) is 11.5 Å². The van der Waals surface area contributed by atoms with Crippen molar-refractivity contribution in [3.8, 4) is 0 Å². The predicted octanol–water partition coefficient (Wildman–Crippen LogP) is 1.13. The third kappa shape index (κ3) is 6.01. The van der Waals surface area contributed by atoms with Crippen LogP contribution in [0, 0.1) is 0 Å². The largest absolute Gasteiger partial charge is 0.383 e. The van der Waals surface area contributed by atoms with Crippen molar-refractivity contribution in [3.05, 3.63) is 45.2 Å². The molecular formula is C19H23N7O5. The molecule has 3 rings (SSSR count). The lowest BCUT2D eigenvalue weighted by Gasteiger charge is -2.21. The Labute approximate surface area is 177 Å². The van der Waals surface area contributed by atoms with Crippen molar-refractivity contribution < 1.29 is 19.1 Å². The summed E-state index contributed by atoms with van der Waals surface area (Å²) in [4.78, 5) is 38.8. The average molecular weight is 429 g/mol. The Morgan fingerprint density at radius 3 is 2.81 bits per heavy atom. The lowest BCUT2D eigenvalue weighted by molar-refractivity contribution is -0.136. The molecule has 2 aromatic rings. The van der Waals surface area contributed by atoms with E-state index in [1.165, 1.54) is 6.20 Å². The van der Waals surface area contributed by atoms with Crippen molar-refractivity contribution in [2.24, 2.45) is 5.11 Å². The van der Waals surface area contributed by atoms with Crippen molar-refractivity contribution >= 4 is 28.3 Å². The fraction of sp³-hybridized carbons (Fsp3) is 0.474. The number of carbonyl (C=O) groups is 2. The third-order valence-corrected chi connectivity index (χ3v) is 4.66. The molecule has 1 aliphatic rings. The van der Waals surface area contributed by atoms with Crippen LogP contribution in [0.1, 0.15) is 18.9 Å². The number of rotatable bonds is 11. The van der Waals surface area contributed by atoms with Crippen molar-refractivity contribution in [2.75, 3.05) is 44.8 Å². The van der Waals surface area contributed by atoms with Gasteiger partial charge in [-0.1, -0.05) is 5.11 Å². The highest BCUT2D eigenvalue weighted by atomic mass is 16.5. The van der Waals surface area contributed by atoms with Crippen LogP contribution in [0.3, 0.4) is 0 Å². The zero-order valence-corrected chi connectivity index (χ0v) is 16.8. The van der Waals surface area contributed by atoms with Gasteiger partial charge in [0.15, 0.2) is 0 Å². The molecule has 1 unspecified atom stereocenters. The molecule has 0 spiro atoms. The average Bonchev–Trinajstić information content (AvgIpc) is 2.76. The summed E-state index contributed by atoms with van der Waals surface area (Å²) in [5.41, 5.74) is 8.58. The molecule has 12 heteroatoms. The Hall–Kier alpha value is -3.47. The molecule has 2 amide bonds. The zero-order chi connectivity index (χ0) is 22.1. The second kappa shape index (κ2) is 11.1. The number of nitrogens with one attached hydrogen (secondary N) is 2. The highest BCUT2D eigenvalue weighted by Crippen LogP contribution is 2.19. The van der Waals surface area contributed by atoms with Gasteiger partial charge in [-0.2, -0.15) is 5.10 Å². The van der Waals surface area contributed by atoms with Crippen LogP contribution in [0.15, 0.2) is 34.3 Å². The quantitative estimate of drug-likeness (QED) is 0.178. The molecule has 0 radical (unpaired) electrons. The highest BCUT2D eigenvalue weighted by molar-refractivity contribution is 5.99. The van der Waals surface area contributed by atoms with Crippen molar-refractivity contribution in [2.45, 2.75) is 18.9 Å². The Morgan fingerprint density at radius 2 is 2.03 bits per heavy atom. The number of anilines is 1. The van der Waals surface area contributed by atoms with Crippen LogP contribution in [-0.2, 0) is 19.1 Å². The Kier molecular flexibility index (Phi) is 7.93. The predicted molar refractivity (Wildman–Crippen MR) is 112 cm³/mol. The number of fused-ring (bicyclic) bond motifs is 1. The molecule has 1 aliphatic heterocycles. The normalized spacial score (nSPS) is 16.1. The molecule has 0 aliphatic carbocycles. The topological polar surface area (TPSA) is 160 Å². The fourth-order valence-electron chi connectivity index (χ4n) is 3.15. The minimum absolute atomic E-state index is 0.176. The van der Waals surface area contributed by atoms with Gasteiger partial charge < -0.3 is 14.8 Å². The number of hydrogen-bond donors (Lipinski definition) is 2. The molecular weight excluding hydrogens is 406 g/mol. The first kappa shape index (κ1) is 22.2. The summed E-state index contributed by atoms with van der Waals surface area (Å²) in [6, 6.07) is 4.48. The first-order valence-corrected chi connectivity index (χ1v) is 9.85. The van der Waals surface area contributed by atoms with Crippen LogP contribution in [0.2, 0.25) is 0 Å². The maximum atomic E-state index is 12.8. The van der Waals surface area contributed by atoms with E-state index in [4.69, 9.17) is 15.0 Å². The van der Waals surface area contributed by atoms with E-state index in [-0.39, 0.29) is 24.3 Å². The van der Waals surface area contributed by atoms with E-state index in [1.807, 2.05) is 0 Å². The van der Waals surface area contributed by atoms with Crippen LogP contribution >= 0.6 is 0 Å². The molecule has 1 aromatic heterocycles. The number of aromatic nitrogens is 2. The molecule has 31 heavy (non-hydrogen) atoms. The van der Waals surface area contributed by atoms with E-state index >= 15 is 0 Å². The Balaban J connectivity index is 1.50. The lowest BCUT2D eigenvalue weighted by atomic mass is 10.1. The highest BCUT2D eigenvalue weighted by Gasteiger charge is 2.29. The van der Waals surface area contributed by atoms with Gasteiger partial charge in [-0.15, -0.1) is 0 Å². The van der Waals surface area contributed by atoms with Gasteiger partial charge >= 0.3 is 0 Å². The minimum atomic E-state index is -0.785. The molecule has 0 saturated carbocycles. The molecule has 1 fully saturated rings. The molecule has 2 N–H and O–H groups in total. The van der Waals surface area contributed by atoms with Crippen LogP contribution in [0.25, 0.3) is 21.2 Å². The third-order valence-electron chi connectivity index (χ3n) is 4.66. The van der Waals surface area contributed by atoms with Crippen molar-refractivity contribution in [3.63, 3.8) is 0 Å². The van der Waals surface area contributed by atoms with Crippen LogP contribution in [0.4, 0.5) is 5.69 Å². The van der Waals surface area contributed by atoms with Gasteiger partial charge in [-0.3, -0.25) is 19.7 Å². The molecule has 1 atom stereocenters. The summed E-state index contributed by atoms with van der Waals surface area (Å²) in [5.74, 6) is -0.850. The molecule has 1 aromatic carbocycles. The van der Waals surface area contributed by atoms with Crippen LogP contribution in [0.5, 0.6) is 0 Å². The Bertz CT molecular complexity index is 1050. The molecule has 1 saturated heterocycles. The maximum absolute atomic E-state index is 12.8. The molecule has 12 nitrogen and oxygen atoms in total. The number of piperidine rings is 1. The van der Waals surface area contributed by atoms with E-state index in [0.29, 0.717) is 50.3 Å². The number of imide groups is 1. The van der Waals surface area contributed by atoms with Crippen LogP contribution < -0.4 is 16.2 Å². The number of benzene rings is 1. The second-order valence-corrected chi connectivity index (χ2v) is 6.77. The molecule has 0 bridgehead atoms. The molecule has 2 heterocycles. The van der Waals surface area contributed by atoms with E-state index in [1.54, 1.807) is 18.2 Å². The first-order chi connectivity index (χ1) is 15.1. The van der Waals surface area contributed by atoms with E-state index < -0.39 is 11.9 Å². The SMILES string of the molecule is [N-]=[N+]=NCCOCCOCCNc1ccc2c(=O)n(C3CCC(=O)NC3=O)ncc2c1. The monoisotopic (exact) mass is 429 g/mol. The number of hydrogen-bond acceptors (Lipinski definition) is 8. The summed E-state index contributed by atoms with van der Waals surface area (Å²) in [6.45, 7) is 2.54. The Morgan fingerprint density at radius 1 is 1.23 bits per heavy atom. The van der Waals surface area contributed by atoms with Gasteiger partial charge in [0.2, 0.25) is 5.91 Å². The maximum Gasteiger partial charge on any atom is 0.275 e. The number of nitrogens with zero attached hydrogens (tertiary/aromatic N) is 5. The van der Waals surface area contributed by atoms with Gasteiger partial charge in [0.05, 0.1) is 38.0 Å². The van der Waals surface area contributed by atoms with E-state index in [9.17, 15) is 14.4 Å². The summed E-state index contributed by atoms with van der Waals surface area (Å²) in [6.07, 6.45) is 1.97. The fourth-order valence-corrected chi connectivity index (χ4v) is 3.15. The number of azide groups is 1. The smallest absolute Gasteiger partial charge is 0.275 e. The first-order valence-electron chi connectivity index (χ1n) is 9.85. The summed E-state index contributed by atoms with van der Waals surface area (Å²) < 4.78 is 11.8. The van der Waals surface area contributed by atoms with Crippen molar-refractivity contribution in [1.29, 1.82) is 0 Å². The summed E-state index contributed by atoms with van der Waals surface area (Å²) in [7, 11) is 0. The van der Waals surface area contributed by atoms with Gasteiger partial charge in [-0.25, -0.2) is 4.68 Å². The summed E-state index contributed by atoms with van der Waals surface area (Å²) >= 11 is 0. The van der Waals surface area contributed by atoms with Gasteiger partial charge in [-0.05, 0) is 30.2 Å². The number of ether oxygens (including phenoxy) is 2. The number of carbonyl (C=O) groups excluding carboxylic acids is 2. The van der Waals surface area contributed by atoms with E-state index in [2.05, 4.69) is 25.8 Å². The number of amides is 2. The van der Waals surface area contributed by atoms with Gasteiger partial charge in [0, 0.05) is 35.5 Å². The standard InChI is InChI=1S/C19H23N7O5/c20-25-22-6-8-31-10-9-30-7-5-21-14-1-2-15-13(11-14)12-23-26(19(15)29)16-3-4-17(27)24-18(16)28/h1-2,11-12,16,21H,3-10H2,(H,24,27,28). The van der Waals surface area contributed by atoms with Crippen molar-refractivity contribution in [1.82, 2.24) is 15.1 Å². The molecule has 164 valence electrons. The minimum Gasteiger partial charge on any atom is -0.383 e.